The van der Waals surface area contributed by atoms with E-state index in [1.54, 1.807) is 30.6 Å². The van der Waals surface area contributed by atoms with Crippen molar-refractivity contribution in [1.82, 2.24) is 4.90 Å². The number of amides is 1. The molecule has 1 fully saturated rings. The van der Waals surface area contributed by atoms with E-state index < -0.39 is 0 Å². The number of hydrogen-bond acceptors (Lipinski definition) is 5. The molecule has 0 unspecified atom stereocenters. The molecule has 6 heteroatoms. The van der Waals surface area contributed by atoms with Crippen LogP contribution in [0.15, 0.2) is 53.1 Å². The van der Waals surface area contributed by atoms with Crippen molar-refractivity contribution in [3.05, 3.63) is 70.5 Å². The van der Waals surface area contributed by atoms with Crippen molar-refractivity contribution < 1.29 is 13.9 Å². The van der Waals surface area contributed by atoms with Gasteiger partial charge in [0.1, 0.15) is 10.8 Å². The van der Waals surface area contributed by atoms with E-state index in [2.05, 4.69) is 42.3 Å². The monoisotopic (exact) mass is 438 g/mol. The van der Waals surface area contributed by atoms with Crippen molar-refractivity contribution in [2.24, 2.45) is 5.92 Å². The molecule has 1 atom stereocenters. The Labute approximate surface area is 188 Å². The first-order chi connectivity index (χ1) is 15.1. The van der Waals surface area contributed by atoms with Gasteiger partial charge in [0, 0.05) is 10.4 Å². The van der Waals surface area contributed by atoms with Gasteiger partial charge in [0.05, 0.1) is 19.4 Å². The highest BCUT2D eigenvalue weighted by atomic mass is 32.1. The molecule has 3 aromatic rings. The Balaban J connectivity index is 1.72. The van der Waals surface area contributed by atoms with Gasteiger partial charge in [0.2, 0.25) is 0 Å². The number of hydrogen-bond donors (Lipinski definition) is 1. The van der Waals surface area contributed by atoms with Gasteiger partial charge in [-0.3, -0.25) is 9.69 Å². The number of methoxy groups -OCH3 is 1. The SMILES string of the molecule is CCc1cc([C@@H](c2ccc(OC)cc2)N2CCC(C)CC2)c(NC(=O)c2ccco2)s1. The number of rotatable bonds is 7. The second kappa shape index (κ2) is 9.71. The maximum atomic E-state index is 12.8. The molecule has 4 rings (SSSR count). The lowest BCUT2D eigenvalue weighted by atomic mass is 9.92. The van der Waals surface area contributed by atoms with Gasteiger partial charge in [-0.25, -0.2) is 0 Å². The smallest absolute Gasteiger partial charge is 0.291 e. The van der Waals surface area contributed by atoms with Gasteiger partial charge in [0.15, 0.2) is 5.76 Å². The molecule has 31 heavy (non-hydrogen) atoms. The van der Waals surface area contributed by atoms with Crippen LogP contribution >= 0.6 is 11.3 Å². The third-order valence-electron chi connectivity index (χ3n) is 6.04. The maximum absolute atomic E-state index is 12.8. The van der Waals surface area contributed by atoms with Crippen LogP contribution < -0.4 is 10.1 Å². The van der Waals surface area contributed by atoms with Gasteiger partial charge < -0.3 is 14.5 Å². The van der Waals surface area contributed by atoms with E-state index in [4.69, 9.17) is 9.15 Å². The summed E-state index contributed by atoms with van der Waals surface area (Å²) in [5.41, 5.74) is 2.37. The van der Waals surface area contributed by atoms with Crippen molar-refractivity contribution in [2.45, 2.75) is 39.2 Å². The highest BCUT2D eigenvalue weighted by Gasteiger charge is 2.30. The number of nitrogens with zero attached hydrogens (tertiary/aromatic N) is 1. The Kier molecular flexibility index (Phi) is 6.78. The van der Waals surface area contributed by atoms with Gasteiger partial charge >= 0.3 is 0 Å². The first kappa shape index (κ1) is 21.7. The van der Waals surface area contributed by atoms with Crippen molar-refractivity contribution in [1.29, 1.82) is 0 Å². The number of aryl methyl sites for hydroxylation is 1. The lowest BCUT2D eigenvalue weighted by molar-refractivity contribution is 0.0996. The van der Waals surface area contributed by atoms with E-state index in [1.165, 1.54) is 29.5 Å². The quantitative estimate of drug-likeness (QED) is 0.493. The maximum Gasteiger partial charge on any atom is 0.291 e. The number of ether oxygens (including phenoxy) is 1. The fourth-order valence-corrected chi connectivity index (χ4v) is 5.19. The van der Waals surface area contributed by atoms with Crippen molar-refractivity contribution in [3.63, 3.8) is 0 Å². The van der Waals surface area contributed by atoms with Gasteiger partial charge in [-0.05, 0) is 74.2 Å². The van der Waals surface area contributed by atoms with Crippen LogP contribution in [-0.4, -0.2) is 31.0 Å². The van der Waals surface area contributed by atoms with Crippen LogP contribution in [-0.2, 0) is 6.42 Å². The highest BCUT2D eigenvalue weighted by molar-refractivity contribution is 7.16. The molecule has 2 aromatic heterocycles. The Morgan fingerprint density at radius 3 is 2.61 bits per heavy atom. The Morgan fingerprint density at radius 2 is 2.00 bits per heavy atom. The number of nitrogens with one attached hydrogen (secondary N) is 1. The fraction of sp³-hybridized carbons (Fsp3) is 0.400. The molecule has 0 radical (unpaired) electrons. The summed E-state index contributed by atoms with van der Waals surface area (Å²) in [7, 11) is 1.69. The molecule has 1 aliphatic rings. The number of benzene rings is 1. The first-order valence-electron chi connectivity index (χ1n) is 10.9. The van der Waals surface area contributed by atoms with Crippen molar-refractivity contribution in [3.8, 4) is 5.75 Å². The molecule has 1 saturated heterocycles. The summed E-state index contributed by atoms with van der Waals surface area (Å²) in [5, 5.41) is 4.02. The zero-order valence-electron chi connectivity index (χ0n) is 18.4. The van der Waals surface area contributed by atoms with Crippen LogP contribution in [0, 0.1) is 5.92 Å². The van der Waals surface area contributed by atoms with E-state index in [0.717, 1.165) is 41.7 Å². The Morgan fingerprint density at radius 1 is 1.26 bits per heavy atom. The minimum Gasteiger partial charge on any atom is -0.497 e. The number of likely N-dealkylation sites (tertiary alicyclic amines) is 1. The zero-order chi connectivity index (χ0) is 21.8. The number of piperidine rings is 1. The molecule has 0 spiro atoms. The van der Waals surface area contributed by atoms with E-state index in [-0.39, 0.29) is 11.9 Å². The normalized spacial score (nSPS) is 16.2. The molecule has 164 valence electrons. The molecular weight excluding hydrogens is 408 g/mol. The summed E-state index contributed by atoms with van der Waals surface area (Å²) in [6, 6.07) is 14.1. The third-order valence-corrected chi connectivity index (χ3v) is 7.25. The minimum atomic E-state index is -0.212. The van der Waals surface area contributed by atoms with Crippen molar-refractivity contribution >= 4 is 22.2 Å². The molecule has 1 aromatic carbocycles. The van der Waals surface area contributed by atoms with Crippen LogP contribution in [0.4, 0.5) is 5.00 Å². The molecule has 5 nitrogen and oxygen atoms in total. The average molecular weight is 439 g/mol. The summed E-state index contributed by atoms with van der Waals surface area (Å²) in [6.07, 6.45) is 4.83. The Hall–Kier alpha value is -2.57. The van der Waals surface area contributed by atoms with E-state index >= 15 is 0 Å². The molecule has 1 amide bonds. The van der Waals surface area contributed by atoms with Crippen LogP contribution in [0.5, 0.6) is 5.75 Å². The van der Waals surface area contributed by atoms with Gasteiger partial charge in [-0.15, -0.1) is 11.3 Å². The molecular formula is C25H30N2O3S. The fourth-order valence-electron chi connectivity index (χ4n) is 4.17. The number of anilines is 1. The highest BCUT2D eigenvalue weighted by Crippen LogP contribution is 2.41. The summed E-state index contributed by atoms with van der Waals surface area (Å²) >= 11 is 1.66. The summed E-state index contributed by atoms with van der Waals surface area (Å²) < 4.78 is 10.7. The molecule has 0 saturated carbocycles. The average Bonchev–Trinajstić information content (AvgIpc) is 3.46. The largest absolute Gasteiger partial charge is 0.497 e. The van der Waals surface area contributed by atoms with Crippen molar-refractivity contribution in [2.75, 3.05) is 25.5 Å². The lowest BCUT2D eigenvalue weighted by Crippen LogP contribution is -2.37. The zero-order valence-corrected chi connectivity index (χ0v) is 19.2. The third kappa shape index (κ3) is 4.86. The molecule has 0 aliphatic carbocycles. The first-order valence-corrected chi connectivity index (χ1v) is 11.8. The summed E-state index contributed by atoms with van der Waals surface area (Å²) in [5.74, 6) is 1.71. The predicted molar refractivity (Wildman–Crippen MR) is 125 cm³/mol. The molecule has 1 N–H and O–H groups in total. The van der Waals surface area contributed by atoms with Gasteiger partial charge in [-0.1, -0.05) is 26.0 Å². The lowest BCUT2D eigenvalue weighted by Gasteiger charge is -2.37. The summed E-state index contributed by atoms with van der Waals surface area (Å²) in [6.45, 7) is 6.56. The van der Waals surface area contributed by atoms with Crippen LogP contribution in [0.3, 0.4) is 0 Å². The topological polar surface area (TPSA) is 54.7 Å². The standard InChI is InChI=1S/C25H30N2O3S/c1-4-20-16-21(25(31-20)26-24(28)22-6-5-15-30-22)23(27-13-11-17(2)12-14-27)18-7-9-19(29-3)10-8-18/h5-10,15-17,23H,4,11-14H2,1-3H3,(H,26,28)/t23-/m1/s1. The molecule has 3 heterocycles. The number of furan rings is 1. The van der Waals surface area contributed by atoms with Gasteiger partial charge in [-0.2, -0.15) is 0 Å². The number of carbonyl (C=O) groups is 1. The molecule has 1 aliphatic heterocycles. The Bertz CT molecular complexity index is 986. The molecule has 0 bridgehead atoms. The van der Waals surface area contributed by atoms with Crippen LogP contribution in [0.2, 0.25) is 0 Å². The van der Waals surface area contributed by atoms with E-state index in [1.807, 2.05) is 12.1 Å². The predicted octanol–water partition coefficient (Wildman–Crippen LogP) is 5.99. The summed E-state index contributed by atoms with van der Waals surface area (Å²) in [4.78, 5) is 16.6. The number of carbonyl (C=O) groups excluding carboxylic acids is 1. The van der Waals surface area contributed by atoms with E-state index in [9.17, 15) is 4.79 Å². The second-order valence-corrected chi connectivity index (χ2v) is 9.31. The van der Waals surface area contributed by atoms with Crippen LogP contribution in [0.25, 0.3) is 0 Å². The second-order valence-electron chi connectivity index (χ2n) is 8.18. The van der Waals surface area contributed by atoms with E-state index in [0.29, 0.717) is 5.76 Å². The number of thiophene rings is 1. The van der Waals surface area contributed by atoms with Gasteiger partial charge in [0.25, 0.3) is 5.91 Å². The minimum absolute atomic E-state index is 0.0851. The van der Waals surface area contributed by atoms with Crippen LogP contribution in [0.1, 0.15) is 59.3 Å².